The molecule has 0 radical (unpaired) electrons. The van der Waals surface area contributed by atoms with E-state index in [4.69, 9.17) is 5.73 Å². The van der Waals surface area contributed by atoms with Crippen molar-refractivity contribution in [2.75, 3.05) is 5.73 Å². The number of para-hydroxylation sites is 1. The van der Waals surface area contributed by atoms with Gasteiger partial charge >= 0.3 is 0 Å². The van der Waals surface area contributed by atoms with E-state index in [0.717, 1.165) is 10.2 Å². The number of nitrogens with zero attached hydrogens (tertiary/aromatic N) is 1. The Morgan fingerprint density at radius 2 is 2.07 bits per heavy atom. The smallest absolute Gasteiger partial charge is 0.266 e. The van der Waals surface area contributed by atoms with Crippen LogP contribution in [0.5, 0.6) is 0 Å². The third-order valence-corrected chi connectivity index (χ3v) is 2.52. The normalized spacial score (nSPS) is 10.4. The van der Waals surface area contributed by atoms with Crippen LogP contribution >= 0.6 is 15.9 Å². The Balaban J connectivity index is 2.66. The van der Waals surface area contributed by atoms with Crippen molar-refractivity contribution in [3.63, 3.8) is 0 Å². The molecular weight excluding hydrogens is 246 g/mol. The summed E-state index contributed by atoms with van der Waals surface area (Å²) in [6.45, 7) is 0. The zero-order chi connectivity index (χ0) is 10.1. The summed E-state index contributed by atoms with van der Waals surface area (Å²) in [6.07, 6.45) is 0. The topological polar surface area (TPSA) is 63.8 Å². The first-order valence-corrected chi connectivity index (χ1v) is 4.80. The minimum Gasteiger partial charge on any atom is -0.384 e. The summed E-state index contributed by atoms with van der Waals surface area (Å²) in [5.41, 5.74) is 6.26. The van der Waals surface area contributed by atoms with Gasteiger partial charge in [0.05, 0.1) is 5.69 Å². The van der Waals surface area contributed by atoms with Gasteiger partial charge in [0.25, 0.3) is 5.56 Å². The molecule has 1 aromatic heterocycles. The maximum atomic E-state index is 11.0. The van der Waals surface area contributed by atoms with Crippen LogP contribution in [0, 0.1) is 0 Å². The molecule has 0 fully saturated rings. The number of benzene rings is 1. The van der Waals surface area contributed by atoms with E-state index in [2.05, 4.69) is 21.0 Å². The van der Waals surface area contributed by atoms with Crippen LogP contribution in [-0.4, -0.2) is 9.78 Å². The Morgan fingerprint density at radius 3 is 2.64 bits per heavy atom. The van der Waals surface area contributed by atoms with Crippen molar-refractivity contribution in [3.05, 3.63) is 45.2 Å². The highest BCUT2D eigenvalue weighted by atomic mass is 79.9. The molecule has 0 atom stereocenters. The first-order chi connectivity index (χ1) is 6.68. The van der Waals surface area contributed by atoms with E-state index in [1.165, 1.54) is 10.7 Å². The lowest BCUT2D eigenvalue weighted by atomic mass is 10.3. The van der Waals surface area contributed by atoms with E-state index in [1.807, 2.05) is 24.3 Å². The molecule has 0 spiro atoms. The zero-order valence-electron chi connectivity index (χ0n) is 7.20. The Kier molecular flexibility index (Phi) is 2.17. The highest BCUT2D eigenvalue weighted by Crippen LogP contribution is 2.20. The van der Waals surface area contributed by atoms with Gasteiger partial charge in [-0.05, 0) is 28.1 Å². The quantitative estimate of drug-likeness (QED) is 0.810. The average Bonchev–Trinajstić information content (AvgIpc) is 2.46. The first-order valence-electron chi connectivity index (χ1n) is 4.01. The third-order valence-electron chi connectivity index (χ3n) is 1.85. The largest absolute Gasteiger partial charge is 0.384 e. The molecule has 3 N–H and O–H groups in total. The van der Waals surface area contributed by atoms with Gasteiger partial charge in [-0.1, -0.05) is 12.1 Å². The lowest BCUT2D eigenvalue weighted by Crippen LogP contribution is -2.05. The van der Waals surface area contributed by atoms with Gasteiger partial charge < -0.3 is 5.73 Å². The monoisotopic (exact) mass is 253 g/mol. The number of H-pyrrole nitrogens is 1. The van der Waals surface area contributed by atoms with Crippen molar-refractivity contribution in [1.82, 2.24) is 9.78 Å². The van der Waals surface area contributed by atoms with Crippen molar-refractivity contribution in [1.29, 1.82) is 0 Å². The number of halogens is 1. The molecule has 4 nitrogen and oxygen atoms in total. The number of nitrogens with two attached hydrogens (primary N) is 1. The Bertz CT molecular complexity index is 515. The second-order valence-corrected chi connectivity index (χ2v) is 3.69. The van der Waals surface area contributed by atoms with E-state index >= 15 is 0 Å². The number of nitrogen functional groups attached to an aromatic ring is 1. The number of anilines is 1. The minimum absolute atomic E-state index is 0.210. The van der Waals surface area contributed by atoms with Gasteiger partial charge in [-0.25, -0.2) is 4.68 Å². The van der Waals surface area contributed by atoms with Crippen molar-refractivity contribution in [3.8, 4) is 5.69 Å². The van der Waals surface area contributed by atoms with Crippen LogP contribution in [0.3, 0.4) is 0 Å². The lowest BCUT2D eigenvalue weighted by molar-refractivity contribution is 0.870. The van der Waals surface area contributed by atoms with Gasteiger partial charge in [0.2, 0.25) is 0 Å². The SMILES string of the molecule is Nc1cc(=O)[nH]n1-c1ccccc1Br. The summed E-state index contributed by atoms with van der Waals surface area (Å²) in [5.74, 6) is 0.391. The first kappa shape index (κ1) is 9.08. The third kappa shape index (κ3) is 1.46. The lowest BCUT2D eigenvalue weighted by Gasteiger charge is -2.06. The predicted molar refractivity (Wildman–Crippen MR) is 58.5 cm³/mol. The molecular formula is C9H8BrN3O. The van der Waals surface area contributed by atoms with Crippen molar-refractivity contribution >= 4 is 21.7 Å². The van der Waals surface area contributed by atoms with Crippen LogP contribution < -0.4 is 11.3 Å². The second-order valence-electron chi connectivity index (χ2n) is 2.83. The molecule has 0 amide bonds. The van der Waals surface area contributed by atoms with E-state index in [9.17, 15) is 4.79 Å². The fourth-order valence-electron chi connectivity index (χ4n) is 1.24. The van der Waals surface area contributed by atoms with Crippen LogP contribution in [0.2, 0.25) is 0 Å². The molecule has 0 unspecified atom stereocenters. The molecule has 2 aromatic rings. The predicted octanol–water partition coefficient (Wildman–Crippen LogP) is 1.51. The van der Waals surface area contributed by atoms with E-state index in [-0.39, 0.29) is 5.56 Å². The molecule has 72 valence electrons. The molecule has 14 heavy (non-hydrogen) atoms. The van der Waals surface area contributed by atoms with Crippen LogP contribution in [0.15, 0.2) is 39.6 Å². The highest BCUT2D eigenvalue weighted by Gasteiger charge is 2.05. The van der Waals surface area contributed by atoms with Crippen LogP contribution in [0.25, 0.3) is 5.69 Å². The van der Waals surface area contributed by atoms with E-state index < -0.39 is 0 Å². The average molecular weight is 254 g/mol. The van der Waals surface area contributed by atoms with Crippen molar-refractivity contribution in [2.24, 2.45) is 0 Å². The van der Waals surface area contributed by atoms with Crippen molar-refractivity contribution < 1.29 is 0 Å². The number of aromatic amines is 1. The molecule has 1 heterocycles. The summed E-state index contributed by atoms with van der Waals surface area (Å²) in [7, 11) is 0. The molecule has 0 bridgehead atoms. The molecule has 5 heteroatoms. The van der Waals surface area contributed by atoms with E-state index in [1.54, 1.807) is 0 Å². The van der Waals surface area contributed by atoms with Gasteiger partial charge in [-0.3, -0.25) is 9.89 Å². The number of hydrogen-bond acceptors (Lipinski definition) is 2. The van der Waals surface area contributed by atoms with Gasteiger partial charge in [0.1, 0.15) is 5.82 Å². The molecule has 1 aromatic carbocycles. The summed E-state index contributed by atoms with van der Waals surface area (Å²) >= 11 is 3.38. The van der Waals surface area contributed by atoms with Crippen LogP contribution in [0.1, 0.15) is 0 Å². The van der Waals surface area contributed by atoms with E-state index in [0.29, 0.717) is 5.82 Å². The molecule has 2 rings (SSSR count). The fraction of sp³-hybridized carbons (Fsp3) is 0. The summed E-state index contributed by atoms with van der Waals surface area (Å²) in [5, 5.41) is 2.61. The summed E-state index contributed by atoms with van der Waals surface area (Å²) in [4.78, 5) is 11.0. The number of aromatic nitrogens is 2. The molecule has 0 aliphatic rings. The highest BCUT2D eigenvalue weighted by molar-refractivity contribution is 9.10. The standard InChI is InChI=1S/C9H8BrN3O/c10-6-3-1-2-4-7(6)13-8(11)5-9(14)12-13/h1-5H,11H2,(H,12,14). The molecule has 0 aliphatic carbocycles. The zero-order valence-corrected chi connectivity index (χ0v) is 8.78. The minimum atomic E-state index is -0.210. The Morgan fingerprint density at radius 1 is 1.36 bits per heavy atom. The maximum Gasteiger partial charge on any atom is 0.266 e. The van der Waals surface area contributed by atoms with Gasteiger partial charge in [-0.15, -0.1) is 0 Å². The Hall–Kier alpha value is -1.49. The van der Waals surface area contributed by atoms with Crippen molar-refractivity contribution in [2.45, 2.75) is 0 Å². The van der Waals surface area contributed by atoms with Gasteiger partial charge in [0.15, 0.2) is 0 Å². The summed E-state index contributed by atoms with van der Waals surface area (Å²) < 4.78 is 2.41. The second kappa shape index (κ2) is 3.34. The summed E-state index contributed by atoms with van der Waals surface area (Å²) in [6, 6.07) is 8.85. The molecule has 0 saturated carbocycles. The fourth-order valence-corrected chi connectivity index (χ4v) is 1.70. The maximum absolute atomic E-state index is 11.0. The molecule has 0 aliphatic heterocycles. The van der Waals surface area contributed by atoms with Gasteiger partial charge in [0, 0.05) is 10.5 Å². The Labute approximate surface area is 88.5 Å². The van der Waals surface area contributed by atoms with Crippen LogP contribution in [0.4, 0.5) is 5.82 Å². The number of hydrogen-bond donors (Lipinski definition) is 2. The molecule has 0 saturated heterocycles. The van der Waals surface area contributed by atoms with Gasteiger partial charge in [-0.2, -0.15) is 0 Å². The number of nitrogens with one attached hydrogen (secondary N) is 1. The number of rotatable bonds is 1. The van der Waals surface area contributed by atoms with Crippen LogP contribution in [-0.2, 0) is 0 Å².